The van der Waals surface area contributed by atoms with Gasteiger partial charge in [-0.1, -0.05) is 17.7 Å². The molecule has 0 unspecified atom stereocenters. The van der Waals surface area contributed by atoms with Crippen LogP contribution in [-0.2, 0) is 0 Å². The molecule has 1 heterocycles. The second-order valence-electron chi connectivity index (χ2n) is 3.87. The van der Waals surface area contributed by atoms with Gasteiger partial charge in [0, 0.05) is 16.8 Å². The Morgan fingerprint density at radius 2 is 2.11 bits per heavy atom. The maximum atomic E-state index is 11.9. The van der Waals surface area contributed by atoms with Crippen molar-refractivity contribution in [1.82, 2.24) is 0 Å². The summed E-state index contributed by atoms with van der Waals surface area (Å²) in [7, 11) is 0. The monoisotopic (exact) mass is 279 g/mol. The standard InChI is InChI=1S/C13H10ClNO4/c1-7-9(14)3-2-4-10(7)15-12(16)11-5-8(6-19-11)13(17)18/h2-6H,1H3,(H,15,16)(H,17,18). The molecular formula is C13H10ClNO4. The minimum Gasteiger partial charge on any atom is -0.478 e. The van der Waals surface area contributed by atoms with Crippen molar-refractivity contribution < 1.29 is 19.1 Å². The van der Waals surface area contributed by atoms with E-state index in [0.717, 1.165) is 17.9 Å². The smallest absolute Gasteiger partial charge is 0.338 e. The summed E-state index contributed by atoms with van der Waals surface area (Å²) in [6.07, 6.45) is 1.02. The topological polar surface area (TPSA) is 79.5 Å². The summed E-state index contributed by atoms with van der Waals surface area (Å²) in [5, 5.41) is 11.9. The molecule has 0 aliphatic carbocycles. The van der Waals surface area contributed by atoms with E-state index in [2.05, 4.69) is 5.32 Å². The lowest BCUT2D eigenvalue weighted by Gasteiger charge is -2.07. The summed E-state index contributed by atoms with van der Waals surface area (Å²) in [5.74, 6) is -1.75. The highest BCUT2D eigenvalue weighted by Crippen LogP contribution is 2.23. The molecule has 0 atom stereocenters. The largest absolute Gasteiger partial charge is 0.478 e. The number of carboxylic acids is 1. The Bertz CT molecular complexity index is 648. The SMILES string of the molecule is Cc1c(Cl)cccc1NC(=O)c1cc(C(=O)O)co1. The fourth-order valence-electron chi connectivity index (χ4n) is 1.49. The minimum atomic E-state index is -1.15. The van der Waals surface area contributed by atoms with Crippen molar-refractivity contribution in [2.24, 2.45) is 0 Å². The summed E-state index contributed by atoms with van der Waals surface area (Å²) < 4.78 is 4.90. The third-order valence-corrected chi connectivity index (χ3v) is 3.00. The number of anilines is 1. The fourth-order valence-corrected chi connectivity index (χ4v) is 1.67. The second-order valence-corrected chi connectivity index (χ2v) is 4.28. The number of amides is 1. The highest BCUT2D eigenvalue weighted by molar-refractivity contribution is 6.31. The van der Waals surface area contributed by atoms with Crippen LogP contribution in [0.2, 0.25) is 5.02 Å². The van der Waals surface area contributed by atoms with E-state index in [1.54, 1.807) is 25.1 Å². The first kappa shape index (κ1) is 13.2. The van der Waals surface area contributed by atoms with E-state index < -0.39 is 11.9 Å². The molecule has 0 saturated heterocycles. The van der Waals surface area contributed by atoms with Crippen LogP contribution in [0, 0.1) is 6.92 Å². The lowest BCUT2D eigenvalue weighted by Crippen LogP contribution is -2.12. The van der Waals surface area contributed by atoms with Gasteiger partial charge < -0.3 is 14.8 Å². The first-order valence-electron chi connectivity index (χ1n) is 5.37. The third kappa shape index (κ3) is 2.77. The van der Waals surface area contributed by atoms with Gasteiger partial charge in [-0.2, -0.15) is 0 Å². The van der Waals surface area contributed by atoms with E-state index in [4.69, 9.17) is 21.1 Å². The molecule has 0 bridgehead atoms. The summed E-state index contributed by atoms with van der Waals surface area (Å²) >= 11 is 5.94. The Morgan fingerprint density at radius 1 is 1.37 bits per heavy atom. The number of furan rings is 1. The number of nitrogens with one attached hydrogen (secondary N) is 1. The Kier molecular flexibility index (Phi) is 3.57. The van der Waals surface area contributed by atoms with Gasteiger partial charge in [0.1, 0.15) is 6.26 Å². The summed E-state index contributed by atoms with van der Waals surface area (Å²) in [5.41, 5.74) is 1.20. The molecule has 6 heteroatoms. The number of rotatable bonds is 3. The van der Waals surface area contributed by atoms with Crippen molar-refractivity contribution >= 4 is 29.2 Å². The highest BCUT2D eigenvalue weighted by Gasteiger charge is 2.15. The molecule has 0 radical (unpaired) electrons. The Labute approximate surface area is 113 Å². The predicted molar refractivity (Wildman–Crippen MR) is 69.8 cm³/mol. The average Bonchev–Trinajstić information content (AvgIpc) is 2.84. The van der Waals surface area contributed by atoms with Crippen LogP contribution < -0.4 is 5.32 Å². The van der Waals surface area contributed by atoms with Gasteiger partial charge in [0.15, 0.2) is 5.76 Å². The average molecular weight is 280 g/mol. The number of carbonyl (C=O) groups excluding carboxylic acids is 1. The van der Waals surface area contributed by atoms with Gasteiger partial charge in [-0.15, -0.1) is 0 Å². The van der Waals surface area contributed by atoms with Gasteiger partial charge in [0.05, 0.1) is 5.56 Å². The molecule has 0 spiro atoms. The molecule has 0 fully saturated rings. The second kappa shape index (κ2) is 5.16. The van der Waals surface area contributed by atoms with Gasteiger partial charge in [0.2, 0.25) is 0 Å². The van der Waals surface area contributed by atoms with Crippen LogP contribution in [0.3, 0.4) is 0 Å². The van der Waals surface area contributed by atoms with Crippen molar-refractivity contribution in [3.8, 4) is 0 Å². The quantitative estimate of drug-likeness (QED) is 0.904. The fraction of sp³-hybridized carbons (Fsp3) is 0.0769. The van der Waals surface area contributed by atoms with Crippen molar-refractivity contribution in [3.63, 3.8) is 0 Å². The zero-order valence-corrected chi connectivity index (χ0v) is 10.7. The van der Waals surface area contributed by atoms with Gasteiger partial charge >= 0.3 is 5.97 Å². The highest BCUT2D eigenvalue weighted by atomic mass is 35.5. The zero-order valence-electron chi connectivity index (χ0n) is 9.94. The van der Waals surface area contributed by atoms with Crippen LogP contribution in [0.1, 0.15) is 26.5 Å². The molecule has 5 nitrogen and oxygen atoms in total. The number of benzene rings is 1. The molecular weight excluding hydrogens is 270 g/mol. The number of hydrogen-bond acceptors (Lipinski definition) is 3. The Balaban J connectivity index is 2.21. The van der Waals surface area contributed by atoms with Crippen LogP contribution in [0.25, 0.3) is 0 Å². The molecule has 2 N–H and O–H groups in total. The molecule has 1 amide bonds. The van der Waals surface area contributed by atoms with Crippen LogP contribution >= 0.6 is 11.6 Å². The van der Waals surface area contributed by atoms with E-state index in [0.29, 0.717) is 10.7 Å². The van der Waals surface area contributed by atoms with Crippen LogP contribution in [0.5, 0.6) is 0 Å². The summed E-state index contributed by atoms with van der Waals surface area (Å²) in [6, 6.07) is 6.27. The Morgan fingerprint density at radius 3 is 2.74 bits per heavy atom. The first-order chi connectivity index (χ1) is 8.99. The predicted octanol–water partition coefficient (Wildman–Crippen LogP) is 3.19. The number of aromatic carboxylic acids is 1. The number of halogens is 1. The van der Waals surface area contributed by atoms with Gasteiger partial charge in [0.25, 0.3) is 5.91 Å². The summed E-state index contributed by atoms with van der Waals surface area (Å²) in [6.45, 7) is 1.77. The molecule has 98 valence electrons. The molecule has 19 heavy (non-hydrogen) atoms. The van der Waals surface area contributed by atoms with Crippen LogP contribution in [0.15, 0.2) is 34.9 Å². The van der Waals surface area contributed by atoms with E-state index >= 15 is 0 Å². The van der Waals surface area contributed by atoms with E-state index in [1.165, 1.54) is 0 Å². The van der Waals surface area contributed by atoms with Crippen LogP contribution in [-0.4, -0.2) is 17.0 Å². The zero-order chi connectivity index (χ0) is 14.0. The molecule has 2 rings (SSSR count). The third-order valence-electron chi connectivity index (χ3n) is 2.59. The Hall–Kier alpha value is -2.27. The molecule has 2 aromatic rings. The van der Waals surface area contributed by atoms with Crippen molar-refractivity contribution in [2.45, 2.75) is 6.92 Å². The van der Waals surface area contributed by atoms with E-state index in [1.807, 2.05) is 0 Å². The van der Waals surface area contributed by atoms with Gasteiger partial charge in [-0.25, -0.2) is 4.79 Å². The van der Waals surface area contributed by atoms with E-state index in [-0.39, 0.29) is 11.3 Å². The number of carbonyl (C=O) groups is 2. The van der Waals surface area contributed by atoms with Gasteiger partial charge in [-0.05, 0) is 24.6 Å². The number of carboxylic acid groups (broad SMARTS) is 1. The number of hydrogen-bond donors (Lipinski definition) is 2. The van der Waals surface area contributed by atoms with Crippen molar-refractivity contribution in [2.75, 3.05) is 5.32 Å². The maximum absolute atomic E-state index is 11.9. The molecule has 1 aromatic heterocycles. The van der Waals surface area contributed by atoms with Crippen molar-refractivity contribution in [1.29, 1.82) is 0 Å². The maximum Gasteiger partial charge on any atom is 0.338 e. The van der Waals surface area contributed by atoms with E-state index in [9.17, 15) is 9.59 Å². The minimum absolute atomic E-state index is 0.0724. The lowest BCUT2D eigenvalue weighted by atomic mass is 10.2. The van der Waals surface area contributed by atoms with Crippen molar-refractivity contribution in [3.05, 3.63) is 52.4 Å². The molecule has 0 aliphatic rings. The van der Waals surface area contributed by atoms with Gasteiger partial charge in [-0.3, -0.25) is 4.79 Å². The first-order valence-corrected chi connectivity index (χ1v) is 5.75. The lowest BCUT2D eigenvalue weighted by molar-refractivity contribution is 0.0696. The molecule has 0 saturated carbocycles. The van der Waals surface area contributed by atoms with Crippen LogP contribution in [0.4, 0.5) is 5.69 Å². The molecule has 1 aromatic carbocycles. The normalized spacial score (nSPS) is 10.2. The molecule has 0 aliphatic heterocycles. The summed E-state index contributed by atoms with van der Waals surface area (Å²) in [4.78, 5) is 22.6.